The summed E-state index contributed by atoms with van der Waals surface area (Å²) in [7, 11) is 0. The number of amides is 1. The van der Waals surface area contributed by atoms with E-state index < -0.39 is 11.6 Å². The Hall–Kier alpha value is -2.64. The Morgan fingerprint density at radius 1 is 1.36 bits per heavy atom. The fraction of sp³-hybridized carbons (Fsp3) is 0.529. The molecule has 2 N–H and O–H groups in total. The largest absolute Gasteiger partial charge is 0.461 e. The van der Waals surface area contributed by atoms with Crippen molar-refractivity contribution in [3.63, 3.8) is 0 Å². The first kappa shape index (κ1) is 18.7. The number of hydrogen-bond donors (Lipinski definition) is 1. The lowest BCUT2D eigenvalue weighted by Gasteiger charge is -2.29. The van der Waals surface area contributed by atoms with Crippen LogP contribution in [0.3, 0.4) is 0 Å². The second-order valence-electron chi connectivity index (χ2n) is 6.62. The number of nitrogens with two attached hydrogens (primary N) is 1. The zero-order chi connectivity index (χ0) is 18.6. The molecule has 136 valence electrons. The van der Waals surface area contributed by atoms with Gasteiger partial charge < -0.3 is 20.1 Å². The molecule has 1 aromatic heterocycles. The van der Waals surface area contributed by atoms with Gasteiger partial charge in [-0.05, 0) is 39.7 Å². The minimum atomic E-state index is -0.574. The predicted molar refractivity (Wildman–Crippen MR) is 92.8 cm³/mol. The highest BCUT2D eigenvalue weighted by Crippen LogP contribution is 2.22. The minimum Gasteiger partial charge on any atom is -0.461 e. The van der Waals surface area contributed by atoms with E-state index in [1.165, 1.54) is 6.20 Å². The van der Waals surface area contributed by atoms with Gasteiger partial charge in [0.15, 0.2) is 11.5 Å². The Labute approximate surface area is 147 Å². The molecule has 0 saturated heterocycles. The molecule has 25 heavy (non-hydrogen) atoms. The summed E-state index contributed by atoms with van der Waals surface area (Å²) in [6, 6.07) is 0. The van der Waals surface area contributed by atoms with Crippen molar-refractivity contribution in [2.75, 3.05) is 25.4 Å². The van der Waals surface area contributed by atoms with Crippen molar-refractivity contribution in [2.24, 2.45) is 0 Å². The maximum Gasteiger partial charge on any atom is 0.410 e. The van der Waals surface area contributed by atoms with Crippen molar-refractivity contribution in [2.45, 2.75) is 39.7 Å². The second kappa shape index (κ2) is 7.50. The van der Waals surface area contributed by atoms with Gasteiger partial charge in [0.2, 0.25) is 0 Å². The quantitative estimate of drug-likeness (QED) is 0.835. The van der Waals surface area contributed by atoms with Crippen LogP contribution in [0.2, 0.25) is 0 Å². The smallest absolute Gasteiger partial charge is 0.410 e. The third kappa shape index (κ3) is 4.91. The number of carbonyl (C=O) groups excluding carboxylic acids is 2. The van der Waals surface area contributed by atoms with Gasteiger partial charge in [-0.1, -0.05) is 6.08 Å². The minimum absolute atomic E-state index is 0.0577. The first-order valence-electron chi connectivity index (χ1n) is 8.18. The first-order valence-corrected chi connectivity index (χ1v) is 8.18. The molecule has 2 heterocycles. The van der Waals surface area contributed by atoms with Crippen molar-refractivity contribution in [1.29, 1.82) is 0 Å². The molecule has 0 spiro atoms. The maximum atomic E-state index is 12.1. The zero-order valence-electron chi connectivity index (χ0n) is 15.0. The molecule has 0 aliphatic carbocycles. The summed E-state index contributed by atoms with van der Waals surface area (Å²) < 4.78 is 10.3. The summed E-state index contributed by atoms with van der Waals surface area (Å²) in [6.45, 7) is 8.33. The Bertz CT molecular complexity index is 694. The number of hydrogen-bond acceptors (Lipinski definition) is 7. The number of nitrogen functional groups attached to an aromatic ring is 1. The van der Waals surface area contributed by atoms with Crippen LogP contribution in [0.5, 0.6) is 0 Å². The van der Waals surface area contributed by atoms with Gasteiger partial charge in [-0.25, -0.2) is 19.6 Å². The molecule has 8 nitrogen and oxygen atoms in total. The van der Waals surface area contributed by atoms with Gasteiger partial charge in [0.25, 0.3) is 0 Å². The SMILES string of the molecule is CCOC(=O)c1nc(C2=CCN(C(=O)OC(C)(C)C)CC2)ncc1N. The molecule has 1 aliphatic rings. The van der Waals surface area contributed by atoms with E-state index in [4.69, 9.17) is 15.2 Å². The number of esters is 1. The number of ether oxygens (including phenoxy) is 2. The van der Waals surface area contributed by atoms with Crippen LogP contribution >= 0.6 is 0 Å². The molecule has 8 heteroatoms. The molecule has 1 aromatic rings. The van der Waals surface area contributed by atoms with Gasteiger partial charge in [0.05, 0.1) is 18.5 Å². The van der Waals surface area contributed by atoms with E-state index in [1.54, 1.807) is 11.8 Å². The van der Waals surface area contributed by atoms with Crippen LogP contribution in [0.1, 0.15) is 50.4 Å². The molecule has 0 aromatic carbocycles. The zero-order valence-corrected chi connectivity index (χ0v) is 15.0. The lowest BCUT2D eigenvalue weighted by Crippen LogP contribution is -2.39. The number of nitrogens with zero attached hydrogens (tertiary/aromatic N) is 3. The highest BCUT2D eigenvalue weighted by atomic mass is 16.6. The molecular formula is C17H24N4O4. The summed E-state index contributed by atoms with van der Waals surface area (Å²) in [5.41, 5.74) is 6.31. The van der Waals surface area contributed by atoms with Crippen LogP contribution in [0.15, 0.2) is 12.3 Å². The summed E-state index contributed by atoms with van der Waals surface area (Å²) >= 11 is 0. The average Bonchev–Trinajstić information content (AvgIpc) is 2.54. The van der Waals surface area contributed by atoms with Crippen LogP contribution in [0.4, 0.5) is 10.5 Å². The van der Waals surface area contributed by atoms with E-state index in [0.29, 0.717) is 25.3 Å². The van der Waals surface area contributed by atoms with Gasteiger partial charge in [-0.15, -0.1) is 0 Å². The van der Waals surface area contributed by atoms with Crippen LogP contribution in [0, 0.1) is 0 Å². The highest BCUT2D eigenvalue weighted by molar-refractivity contribution is 5.93. The molecule has 0 atom stereocenters. The Balaban J connectivity index is 2.12. The molecule has 0 saturated carbocycles. The third-order valence-corrected chi connectivity index (χ3v) is 3.43. The van der Waals surface area contributed by atoms with E-state index in [-0.39, 0.29) is 24.1 Å². The van der Waals surface area contributed by atoms with Gasteiger partial charge >= 0.3 is 12.1 Å². The fourth-order valence-electron chi connectivity index (χ4n) is 2.27. The predicted octanol–water partition coefficient (Wildman–Crippen LogP) is 2.26. The van der Waals surface area contributed by atoms with Crippen LogP contribution < -0.4 is 5.73 Å². The third-order valence-electron chi connectivity index (χ3n) is 3.43. The Morgan fingerprint density at radius 2 is 2.08 bits per heavy atom. The van der Waals surface area contributed by atoms with E-state index in [1.807, 2.05) is 26.8 Å². The molecule has 0 bridgehead atoms. The Morgan fingerprint density at radius 3 is 2.64 bits per heavy atom. The van der Waals surface area contributed by atoms with Crippen molar-refractivity contribution in [3.8, 4) is 0 Å². The summed E-state index contributed by atoms with van der Waals surface area (Å²) in [6.07, 6.45) is 3.46. The number of carbonyl (C=O) groups is 2. The van der Waals surface area contributed by atoms with Gasteiger partial charge in [-0.3, -0.25) is 0 Å². The highest BCUT2D eigenvalue weighted by Gasteiger charge is 2.25. The van der Waals surface area contributed by atoms with E-state index in [9.17, 15) is 9.59 Å². The fourth-order valence-corrected chi connectivity index (χ4v) is 2.27. The average molecular weight is 348 g/mol. The van der Waals surface area contributed by atoms with Gasteiger partial charge in [0, 0.05) is 13.1 Å². The van der Waals surface area contributed by atoms with Crippen molar-refractivity contribution in [3.05, 3.63) is 23.8 Å². The lowest BCUT2D eigenvalue weighted by molar-refractivity contribution is 0.0270. The lowest BCUT2D eigenvalue weighted by atomic mass is 10.1. The molecule has 1 amide bonds. The topological polar surface area (TPSA) is 108 Å². The molecule has 0 unspecified atom stereocenters. The van der Waals surface area contributed by atoms with Crippen molar-refractivity contribution < 1.29 is 19.1 Å². The maximum absolute atomic E-state index is 12.1. The molecular weight excluding hydrogens is 324 g/mol. The summed E-state index contributed by atoms with van der Waals surface area (Å²) in [5, 5.41) is 0. The summed E-state index contributed by atoms with van der Waals surface area (Å²) in [4.78, 5) is 34.0. The van der Waals surface area contributed by atoms with E-state index >= 15 is 0 Å². The summed E-state index contributed by atoms with van der Waals surface area (Å²) in [5.74, 6) is -0.156. The molecule has 0 fully saturated rings. The van der Waals surface area contributed by atoms with Crippen LogP contribution in [-0.4, -0.2) is 52.2 Å². The van der Waals surface area contributed by atoms with Crippen LogP contribution in [-0.2, 0) is 9.47 Å². The molecule has 0 radical (unpaired) electrons. The monoisotopic (exact) mass is 348 g/mol. The second-order valence-corrected chi connectivity index (χ2v) is 6.62. The van der Waals surface area contributed by atoms with E-state index in [2.05, 4.69) is 9.97 Å². The number of rotatable bonds is 3. The Kier molecular flexibility index (Phi) is 5.61. The van der Waals surface area contributed by atoms with Gasteiger partial charge in [0.1, 0.15) is 5.60 Å². The molecule has 1 aliphatic heterocycles. The number of aromatic nitrogens is 2. The number of anilines is 1. The van der Waals surface area contributed by atoms with Crippen molar-refractivity contribution >= 4 is 23.3 Å². The van der Waals surface area contributed by atoms with Gasteiger partial charge in [-0.2, -0.15) is 0 Å². The van der Waals surface area contributed by atoms with E-state index in [0.717, 1.165) is 5.57 Å². The van der Waals surface area contributed by atoms with Crippen LogP contribution in [0.25, 0.3) is 5.57 Å². The van der Waals surface area contributed by atoms with Crippen molar-refractivity contribution in [1.82, 2.24) is 14.9 Å². The first-order chi connectivity index (χ1) is 11.7. The normalized spacial score (nSPS) is 14.7. The molecule has 2 rings (SSSR count). The standard InChI is InChI=1S/C17H24N4O4/c1-5-24-15(22)13-12(18)10-19-14(20-13)11-6-8-21(9-7-11)16(23)25-17(2,3)4/h6,10H,5,7-9,18H2,1-4H3.